The van der Waals surface area contributed by atoms with Gasteiger partial charge in [0.05, 0.1) is 16.6 Å². The Morgan fingerprint density at radius 1 is 1.26 bits per heavy atom. The van der Waals surface area contributed by atoms with Crippen molar-refractivity contribution in [2.75, 3.05) is 25.1 Å². The molecule has 1 fully saturated rings. The molecule has 126 valence electrons. The summed E-state index contributed by atoms with van der Waals surface area (Å²) in [5.41, 5.74) is 2.06. The van der Waals surface area contributed by atoms with Crippen LogP contribution >= 0.6 is 11.8 Å². The maximum absolute atomic E-state index is 11.5. The predicted octanol–water partition coefficient (Wildman–Crippen LogP) is 2.53. The fraction of sp³-hybridized carbons (Fsp3) is 0.588. The van der Waals surface area contributed by atoms with Crippen molar-refractivity contribution in [1.82, 2.24) is 5.32 Å². The lowest BCUT2D eigenvalue weighted by atomic mass is 10.0. The van der Waals surface area contributed by atoms with E-state index in [0.29, 0.717) is 10.9 Å². The van der Waals surface area contributed by atoms with E-state index >= 15 is 0 Å². The van der Waals surface area contributed by atoms with Gasteiger partial charge in [-0.15, -0.1) is 0 Å². The average molecular weight is 353 g/mol. The van der Waals surface area contributed by atoms with E-state index in [1.165, 1.54) is 31.3 Å². The van der Waals surface area contributed by atoms with Crippen molar-refractivity contribution in [3.8, 4) is 0 Å². The standard InChI is InChI=1S/C17H24N2O2S2/c1-23(20,21)16-8-4-13(5-9-16)17-12-18-11-14(19-17)6-7-15-3-2-10-22-15/h4-5,8-9,14-15,18H,2-3,6-7,10-12H2,1H3. The van der Waals surface area contributed by atoms with Crippen LogP contribution in [0.4, 0.5) is 0 Å². The molecule has 0 aliphatic carbocycles. The Bertz CT molecular complexity index is 662. The van der Waals surface area contributed by atoms with Gasteiger partial charge in [-0.05, 0) is 49.1 Å². The molecular formula is C17H24N2O2S2. The highest BCUT2D eigenvalue weighted by atomic mass is 32.2. The molecule has 0 amide bonds. The number of thioether (sulfide) groups is 1. The first-order valence-corrected chi connectivity index (χ1v) is 11.2. The summed E-state index contributed by atoms with van der Waals surface area (Å²) in [6.07, 6.45) is 6.34. The fourth-order valence-electron chi connectivity index (χ4n) is 3.16. The summed E-state index contributed by atoms with van der Waals surface area (Å²) in [5, 5.41) is 4.27. The van der Waals surface area contributed by atoms with Gasteiger partial charge in [0, 0.05) is 24.6 Å². The van der Waals surface area contributed by atoms with Gasteiger partial charge in [-0.2, -0.15) is 11.8 Å². The highest BCUT2D eigenvalue weighted by Crippen LogP contribution is 2.30. The second-order valence-corrected chi connectivity index (χ2v) is 9.79. The smallest absolute Gasteiger partial charge is 0.175 e. The van der Waals surface area contributed by atoms with Crippen molar-refractivity contribution in [3.63, 3.8) is 0 Å². The van der Waals surface area contributed by atoms with E-state index in [0.717, 1.165) is 36.0 Å². The zero-order chi connectivity index (χ0) is 16.3. The van der Waals surface area contributed by atoms with Crippen molar-refractivity contribution in [2.24, 2.45) is 4.99 Å². The van der Waals surface area contributed by atoms with Crippen molar-refractivity contribution in [2.45, 2.75) is 41.9 Å². The number of nitrogens with zero attached hydrogens (tertiary/aromatic N) is 1. The Labute approximate surface area is 143 Å². The van der Waals surface area contributed by atoms with Crippen molar-refractivity contribution < 1.29 is 8.42 Å². The first-order valence-electron chi connectivity index (χ1n) is 8.22. The molecule has 1 saturated heterocycles. The second kappa shape index (κ2) is 7.36. The molecule has 4 nitrogen and oxygen atoms in total. The van der Waals surface area contributed by atoms with Crippen molar-refractivity contribution >= 4 is 27.3 Å². The summed E-state index contributed by atoms with van der Waals surface area (Å²) in [7, 11) is -3.14. The summed E-state index contributed by atoms with van der Waals surface area (Å²) < 4.78 is 23.1. The number of benzene rings is 1. The molecule has 2 heterocycles. The van der Waals surface area contributed by atoms with Gasteiger partial charge in [0.2, 0.25) is 0 Å². The Balaban J connectivity index is 1.66. The third-order valence-corrected chi connectivity index (χ3v) is 7.07. The van der Waals surface area contributed by atoms with E-state index in [9.17, 15) is 8.42 Å². The SMILES string of the molecule is CS(=O)(=O)c1ccc(C2=NC(CCC3CCCS3)CNC2)cc1. The zero-order valence-electron chi connectivity index (χ0n) is 13.5. The summed E-state index contributed by atoms with van der Waals surface area (Å²) in [6, 6.07) is 7.42. The van der Waals surface area contributed by atoms with Crippen LogP contribution in [0.2, 0.25) is 0 Å². The second-order valence-electron chi connectivity index (χ2n) is 6.37. The molecule has 3 rings (SSSR count). The molecule has 2 aliphatic heterocycles. The van der Waals surface area contributed by atoms with E-state index in [2.05, 4.69) is 17.1 Å². The molecule has 0 spiro atoms. The Morgan fingerprint density at radius 3 is 2.70 bits per heavy atom. The molecule has 1 aromatic rings. The van der Waals surface area contributed by atoms with Crippen LogP contribution in [0, 0.1) is 0 Å². The average Bonchev–Trinajstić information content (AvgIpc) is 3.06. The van der Waals surface area contributed by atoms with Crippen LogP contribution in [-0.4, -0.2) is 50.5 Å². The van der Waals surface area contributed by atoms with E-state index in [-0.39, 0.29) is 0 Å². The molecule has 2 unspecified atom stereocenters. The molecule has 1 aromatic carbocycles. The largest absolute Gasteiger partial charge is 0.309 e. The summed E-state index contributed by atoms with van der Waals surface area (Å²) in [5.74, 6) is 1.31. The van der Waals surface area contributed by atoms with Gasteiger partial charge >= 0.3 is 0 Å². The van der Waals surface area contributed by atoms with Crippen LogP contribution in [-0.2, 0) is 9.84 Å². The topological polar surface area (TPSA) is 58.5 Å². The molecule has 0 aromatic heterocycles. The Morgan fingerprint density at radius 2 is 2.04 bits per heavy atom. The molecule has 1 N–H and O–H groups in total. The van der Waals surface area contributed by atoms with Crippen LogP contribution in [0.5, 0.6) is 0 Å². The van der Waals surface area contributed by atoms with Crippen LogP contribution in [0.3, 0.4) is 0 Å². The molecule has 6 heteroatoms. The number of hydrogen-bond donors (Lipinski definition) is 1. The maximum Gasteiger partial charge on any atom is 0.175 e. The van der Waals surface area contributed by atoms with Gasteiger partial charge in [0.1, 0.15) is 0 Å². The first kappa shape index (κ1) is 17.0. The maximum atomic E-state index is 11.5. The molecule has 0 radical (unpaired) electrons. The third-order valence-electron chi connectivity index (χ3n) is 4.47. The van der Waals surface area contributed by atoms with Crippen LogP contribution < -0.4 is 5.32 Å². The number of nitrogens with one attached hydrogen (secondary N) is 1. The van der Waals surface area contributed by atoms with E-state index in [1.807, 2.05) is 12.1 Å². The number of hydrogen-bond acceptors (Lipinski definition) is 5. The van der Waals surface area contributed by atoms with E-state index in [1.54, 1.807) is 12.1 Å². The number of aliphatic imine (C=N–C) groups is 1. The molecule has 2 aliphatic rings. The molecule has 2 atom stereocenters. The van der Waals surface area contributed by atoms with E-state index < -0.39 is 9.84 Å². The third kappa shape index (κ3) is 4.58. The highest BCUT2D eigenvalue weighted by molar-refractivity contribution is 8.00. The van der Waals surface area contributed by atoms with Crippen LogP contribution in [0.25, 0.3) is 0 Å². The minimum atomic E-state index is -3.14. The van der Waals surface area contributed by atoms with Gasteiger partial charge in [-0.1, -0.05) is 12.1 Å². The van der Waals surface area contributed by atoms with Gasteiger partial charge in [0.15, 0.2) is 9.84 Å². The summed E-state index contributed by atoms with van der Waals surface area (Å²) in [6.45, 7) is 1.70. The zero-order valence-corrected chi connectivity index (χ0v) is 15.1. The molecule has 0 saturated carbocycles. The van der Waals surface area contributed by atoms with Gasteiger partial charge in [0.25, 0.3) is 0 Å². The van der Waals surface area contributed by atoms with Gasteiger partial charge in [-0.3, -0.25) is 4.99 Å². The lowest BCUT2D eigenvalue weighted by Gasteiger charge is -2.23. The number of sulfone groups is 1. The summed E-state index contributed by atoms with van der Waals surface area (Å²) >= 11 is 2.11. The van der Waals surface area contributed by atoms with Crippen LogP contribution in [0.1, 0.15) is 31.2 Å². The lowest BCUT2D eigenvalue weighted by molar-refractivity contribution is 0.521. The van der Waals surface area contributed by atoms with Crippen LogP contribution in [0.15, 0.2) is 34.2 Å². The predicted molar refractivity (Wildman–Crippen MR) is 97.5 cm³/mol. The quantitative estimate of drug-likeness (QED) is 0.885. The lowest BCUT2D eigenvalue weighted by Crippen LogP contribution is -2.37. The van der Waals surface area contributed by atoms with Crippen molar-refractivity contribution in [1.29, 1.82) is 0 Å². The van der Waals surface area contributed by atoms with E-state index in [4.69, 9.17) is 4.99 Å². The minimum absolute atomic E-state index is 0.342. The first-order chi connectivity index (χ1) is 11.0. The minimum Gasteiger partial charge on any atom is -0.309 e. The fourth-order valence-corrected chi connectivity index (χ4v) is 5.09. The number of rotatable bonds is 5. The monoisotopic (exact) mass is 352 g/mol. The molecule has 0 bridgehead atoms. The Kier molecular flexibility index (Phi) is 5.44. The normalized spacial score (nSPS) is 25.3. The van der Waals surface area contributed by atoms with Gasteiger partial charge < -0.3 is 5.32 Å². The van der Waals surface area contributed by atoms with Gasteiger partial charge in [-0.25, -0.2) is 8.42 Å². The van der Waals surface area contributed by atoms with Crippen molar-refractivity contribution in [3.05, 3.63) is 29.8 Å². The molecular weight excluding hydrogens is 328 g/mol. The summed E-state index contributed by atoms with van der Waals surface area (Å²) in [4.78, 5) is 5.26. The Hall–Kier alpha value is -0.850. The molecule has 23 heavy (non-hydrogen) atoms. The highest BCUT2D eigenvalue weighted by Gasteiger charge is 2.20.